The van der Waals surface area contributed by atoms with Crippen LogP contribution >= 0.6 is 0 Å². The van der Waals surface area contributed by atoms with E-state index >= 15 is 0 Å². The van der Waals surface area contributed by atoms with Crippen LogP contribution in [-0.2, 0) is 9.31 Å². The van der Waals surface area contributed by atoms with Crippen molar-refractivity contribution in [3.8, 4) is 0 Å². The molecule has 0 aromatic carbocycles. The Balaban J connectivity index is 3.29. The van der Waals surface area contributed by atoms with Crippen LogP contribution in [0.2, 0.25) is 0 Å². The largest absolute Gasteiger partial charge is 0.594 e. The van der Waals surface area contributed by atoms with Gasteiger partial charge in [-0.1, -0.05) is 49.6 Å². The van der Waals surface area contributed by atoms with E-state index in [4.69, 9.17) is 9.31 Å². The number of nitrogens with zero attached hydrogens (tertiary/aromatic N) is 1. The third kappa shape index (κ3) is 5.35. The standard InChI is InChI=1S/C21H32BNO2/c1-9-13-18(14-10-2)17-23(19(15-11-3)16-12-4)22-24-20(5,6)21(7,8)25-22/h9-16H,1,3,17H2,2,4-8H3/b14-10-,16-12-,18-13+,19-15+. The fourth-order valence-corrected chi connectivity index (χ4v) is 2.49. The van der Waals surface area contributed by atoms with Gasteiger partial charge in [0.15, 0.2) is 0 Å². The molecule has 0 aromatic heterocycles. The molecule has 0 N–H and O–H groups in total. The summed E-state index contributed by atoms with van der Waals surface area (Å²) < 4.78 is 12.5. The Kier molecular flexibility index (Phi) is 7.72. The van der Waals surface area contributed by atoms with E-state index in [0.29, 0.717) is 6.54 Å². The van der Waals surface area contributed by atoms with Crippen LogP contribution in [0.25, 0.3) is 0 Å². The number of hydrogen-bond acceptors (Lipinski definition) is 3. The van der Waals surface area contributed by atoms with E-state index in [2.05, 4.69) is 51.7 Å². The van der Waals surface area contributed by atoms with Gasteiger partial charge in [0.2, 0.25) is 0 Å². The maximum Gasteiger partial charge on any atom is 0.594 e. The summed E-state index contributed by atoms with van der Waals surface area (Å²) in [6.45, 7) is 20.5. The lowest BCUT2D eigenvalue weighted by Crippen LogP contribution is -2.42. The second-order valence-corrected chi connectivity index (χ2v) is 7.00. The van der Waals surface area contributed by atoms with Gasteiger partial charge in [0, 0.05) is 12.2 Å². The summed E-state index contributed by atoms with van der Waals surface area (Å²) >= 11 is 0. The summed E-state index contributed by atoms with van der Waals surface area (Å²) in [6.07, 6.45) is 15.7. The fraction of sp³-hybridized carbons (Fsp3) is 0.429. The molecule has 0 aliphatic carbocycles. The predicted molar refractivity (Wildman–Crippen MR) is 109 cm³/mol. The molecule has 0 unspecified atom stereocenters. The summed E-state index contributed by atoms with van der Waals surface area (Å²) in [5, 5.41) is 0. The first-order valence-corrected chi connectivity index (χ1v) is 8.74. The Morgan fingerprint density at radius 1 is 0.920 bits per heavy atom. The highest BCUT2D eigenvalue weighted by Gasteiger charge is 2.54. The van der Waals surface area contributed by atoms with Crippen LogP contribution in [0.3, 0.4) is 0 Å². The molecular formula is C21H32BNO2. The van der Waals surface area contributed by atoms with Gasteiger partial charge in [0.05, 0.1) is 11.2 Å². The van der Waals surface area contributed by atoms with E-state index in [1.165, 1.54) is 0 Å². The number of rotatable bonds is 8. The Labute approximate surface area is 154 Å². The van der Waals surface area contributed by atoms with Crippen molar-refractivity contribution in [2.75, 3.05) is 6.54 Å². The first kappa shape index (κ1) is 21.3. The molecule has 1 heterocycles. The molecule has 0 spiro atoms. The first-order chi connectivity index (χ1) is 11.7. The minimum atomic E-state index is -0.481. The van der Waals surface area contributed by atoms with Gasteiger partial charge in [-0.25, -0.2) is 0 Å². The normalized spacial score (nSPS) is 20.5. The molecule has 1 aliphatic rings. The van der Waals surface area contributed by atoms with Crippen molar-refractivity contribution in [1.82, 2.24) is 4.81 Å². The molecule has 3 nitrogen and oxygen atoms in total. The molecule has 0 atom stereocenters. The SMILES string of the molecule is C=C/C=C(\C=C/C)CN(B1OC(C)(C)C(C)(C)O1)C(/C=C\C)=C/C=C. The molecule has 0 bridgehead atoms. The lowest BCUT2D eigenvalue weighted by atomic mass is 9.90. The highest BCUT2D eigenvalue weighted by Crippen LogP contribution is 2.38. The van der Waals surface area contributed by atoms with Crippen molar-refractivity contribution >= 4 is 7.25 Å². The summed E-state index contributed by atoms with van der Waals surface area (Å²) in [5.41, 5.74) is 1.31. The lowest BCUT2D eigenvalue weighted by molar-refractivity contribution is 0.00578. The van der Waals surface area contributed by atoms with Gasteiger partial charge < -0.3 is 14.1 Å². The van der Waals surface area contributed by atoms with Crippen LogP contribution in [0, 0.1) is 0 Å². The van der Waals surface area contributed by atoms with Gasteiger partial charge in [0.1, 0.15) is 0 Å². The Bertz CT molecular complexity index is 581. The van der Waals surface area contributed by atoms with Crippen molar-refractivity contribution in [1.29, 1.82) is 0 Å². The number of hydrogen-bond donors (Lipinski definition) is 0. The van der Waals surface area contributed by atoms with E-state index in [0.717, 1.165) is 11.3 Å². The topological polar surface area (TPSA) is 21.7 Å². The highest BCUT2D eigenvalue weighted by molar-refractivity contribution is 6.43. The summed E-state index contributed by atoms with van der Waals surface area (Å²) in [5.74, 6) is 0. The Hall–Kier alpha value is -1.78. The zero-order valence-electron chi connectivity index (χ0n) is 16.6. The maximum atomic E-state index is 6.27. The molecule has 1 fully saturated rings. The second-order valence-electron chi connectivity index (χ2n) is 7.00. The highest BCUT2D eigenvalue weighted by atomic mass is 16.7. The van der Waals surface area contributed by atoms with Gasteiger partial charge in [-0.05, 0) is 59.3 Å². The molecule has 4 heteroatoms. The van der Waals surface area contributed by atoms with E-state index in [-0.39, 0.29) is 0 Å². The average Bonchev–Trinajstić information content (AvgIpc) is 2.73. The van der Waals surface area contributed by atoms with E-state index in [1.807, 2.05) is 44.2 Å². The van der Waals surface area contributed by atoms with E-state index in [9.17, 15) is 0 Å². The zero-order chi connectivity index (χ0) is 19.1. The Morgan fingerprint density at radius 3 is 1.88 bits per heavy atom. The van der Waals surface area contributed by atoms with Crippen LogP contribution in [0.15, 0.2) is 73.0 Å². The van der Waals surface area contributed by atoms with Gasteiger partial charge in [-0.2, -0.15) is 0 Å². The quantitative estimate of drug-likeness (QED) is 0.447. The molecule has 136 valence electrons. The number of allylic oxidation sites excluding steroid dienone is 7. The minimum Gasteiger partial charge on any atom is -0.384 e. The minimum absolute atomic E-state index is 0.395. The molecule has 0 amide bonds. The van der Waals surface area contributed by atoms with Crippen molar-refractivity contribution in [3.05, 3.63) is 73.0 Å². The maximum absolute atomic E-state index is 6.27. The lowest BCUT2D eigenvalue weighted by Gasteiger charge is -2.32. The van der Waals surface area contributed by atoms with Crippen molar-refractivity contribution in [2.24, 2.45) is 0 Å². The smallest absolute Gasteiger partial charge is 0.384 e. The van der Waals surface area contributed by atoms with Crippen molar-refractivity contribution < 1.29 is 9.31 Å². The Morgan fingerprint density at radius 2 is 1.44 bits per heavy atom. The first-order valence-electron chi connectivity index (χ1n) is 8.74. The van der Waals surface area contributed by atoms with Crippen LogP contribution < -0.4 is 0 Å². The van der Waals surface area contributed by atoms with E-state index < -0.39 is 18.5 Å². The van der Waals surface area contributed by atoms with Gasteiger partial charge in [0.25, 0.3) is 0 Å². The summed E-state index contributed by atoms with van der Waals surface area (Å²) in [7, 11) is -0.481. The second kappa shape index (κ2) is 9.07. The summed E-state index contributed by atoms with van der Waals surface area (Å²) in [6, 6.07) is 0. The van der Waals surface area contributed by atoms with Crippen LogP contribution in [0.4, 0.5) is 0 Å². The fourth-order valence-electron chi connectivity index (χ4n) is 2.49. The van der Waals surface area contributed by atoms with Crippen molar-refractivity contribution in [3.63, 3.8) is 0 Å². The van der Waals surface area contributed by atoms with Crippen molar-refractivity contribution in [2.45, 2.75) is 52.7 Å². The zero-order valence-corrected chi connectivity index (χ0v) is 16.6. The third-order valence-electron chi connectivity index (χ3n) is 4.52. The average molecular weight is 341 g/mol. The molecule has 0 aromatic rings. The molecule has 0 saturated carbocycles. The van der Waals surface area contributed by atoms with Crippen LogP contribution in [0.1, 0.15) is 41.5 Å². The van der Waals surface area contributed by atoms with Crippen LogP contribution in [-0.4, -0.2) is 29.8 Å². The van der Waals surface area contributed by atoms with Gasteiger partial charge in [-0.3, -0.25) is 0 Å². The van der Waals surface area contributed by atoms with Gasteiger partial charge in [-0.15, -0.1) is 0 Å². The molecule has 0 radical (unpaired) electrons. The molecule has 1 rings (SSSR count). The molecule has 25 heavy (non-hydrogen) atoms. The van der Waals surface area contributed by atoms with E-state index in [1.54, 1.807) is 12.2 Å². The van der Waals surface area contributed by atoms with Crippen LogP contribution in [0.5, 0.6) is 0 Å². The summed E-state index contributed by atoms with van der Waals surface area (Å²) in [4.78, 5) is 2.10. The predicted octanol–water partition coefficient (Wildman–Crippen LogP) is 5.21. The third-order valence-corrected chi connectivity index (χ3v) is 4.52. The van der Waals surface area contributed by atoms with Gasteiger partial charge >= 0.3 is 7.25 Å². The monoisotopic (exact) mass is 341 g/mol. The molecule has 1 aliphatic heterocycles. The molecule has 1 saturated heterocycles. The molecular weight excluding hydrogens is 309 g/mol.